The van der Waals surface area contributed by atoms with Crippen molar-refractivity contribution in [2.24, 2.45) is 5.41 Å². The fourth-order valence-corrected chi connectivity index (χ4v) is 2.52. The standard InChI is InChI=1S/C16H22/c1-12-6-5-7-14-9-8-13(10-15(12)14)11-16(2,3)4/h8-10H,1,5-7,11H2,2-4H3. The van der Waals surface area contributed by atoms with Crippen molar-refractivity contribution in [1.82, 2.24) is 0 Å². The van der Waals surface area contributed by atoms with Crippen molar-refractivity contribution in [1.29, 1.82) is 0 Å². The van der Waals surface area contributed by atoms with Gasteiger partial charge in [0.25, 0.3) is 0 Å². The lowest BCUT2D eigenvalue weighted by Crippen LogP contribution is -2.10. The average molecular weight is 214 g/mol. The molecular weight excluding hydrogens is 192 g/mol. The van der Waals surface area contributed by atoms with E-state index in [1.165, 1.54) is 41.5 Å². The van der Waals surface area contributed by atoms with Crippen LogP contribution >= 0.6 is 0 Å². The summed E-state index contributed by atoms with van der Waals surface area (Å²) in [7, 11) is 0. The molecule has 0 aromatic heterocycles. The molecule has 0 heteroatoms. The summed E-state index contributed by atoms with van der Waals surface area (Å²) in [5.41, 5.74) is 6.07. The lowest BCUT2D eigenvalue weighted by Gasteiger charge is -2.22. The zero-order valence-corrected chi connectivity index (χ0v) is 10.8. The van der Waals surface area contributed by atoms with E-state index in [4.69, 9.17) is 0 Å². The Balaban J connectivity index is 2.31. The Kier molecular flexibility index (Phi) is 2.92. The Hall–Kier alpha value is -1.04. The van der Waals surface area contributed by atoms with Crippen molar-refractivity contribution in [3.63, 3.8) is 0 Å². The molecule has 2 rings (SSSR count). The van der Waals surface area contributed by atoms with E-state index in [-0.39, 0.29) is 0 Å². The minimum Gasteiger partial charge on any atom is -0.0952 e. The van der Waals surface area contributed by atoms with E-state index in [1.807, 2.05) is 0 Å². The minimum absolute atomic E-state index is 0.365. The third-order valence-electron chi connectivity index (χ3n) is 3.21. The van der Waals surface area contributed by atoms with E-state index < -0.39 is 0 Å². The molecule has 0 unspecified atom stereocenters. The Morgan fingerprint density at radius 2 is 1.94 bits per heavy atom. The van der Waals surface area contributed by atoms with Crippen molar-refractivity contribution >= 4 is 5.57 Å². The molecule has 86 valence electrons. The van der Waals surface area contributed by atoms with Gasteiger partial charge in [-0.1, -0.05) is 45.5 Å². The topological polar surface area (TPSA) is 0 Å². The van der Waals surface area contributed by atoms with Gasteiger partial charge in [0, 0.05) is 0 Å². The van der Waals surface area contributed by atoms with Gasteiger partial charge in [0.15, 0.2) is 0 Å². The Morgan fingerprint density at radius 3 is 2.62 bits per heavy atom. The number of aryl methyl sites for hydroxylation is 1. The average Bonchev–Trinajstić information content (AvgIpc) is 2.17. The predicted octanol–water partition coefficient (Wildman–Crippen LogP) is 4.62. The molecule has 0 N–H and O–H groups in total. The lowest BCUT2D eigenvalue weighted by atomic mass is 9.83. The van der Waals surface area contributed by atoms with Gasteiger partial charge < -0.3 is 0 Å². The second kappa shape index (κ2) is 4.08. The van der Waals surface area contributed by atoms with Crippen LogP contribution in [0.1, 0.15) is 50.3 Å². The van der Waals surface area contributed by atoms with Gasteiger partial charge in [-0.3, -0.25) is 0 Å². The van der Waals surface area contributed by atoms with Crippen LogP contribution in [0.4, 0.5) is 0 Å². The maximum atomic E-state index is 4.19. The molecule has 1 aromatic rings. The second-order valence-electron chi connectivity index (χ2n) is 6.19. The number of allylic oxidation sites excluding steroid dienone is 1. The van der Waals surface area contributed by atoms with Crippen molar-refractivity contribution < 1.29 is 0 Å². The number of benzene rings is 1. The normalized spacial score (nSPS) is 16.1. The maximum absolute atomic E-state index is 4.19. The quantitative estimate of drug-likeness (QED) is 0.639. The molecular formula is C16H22. The van der Waals surface area contributed by atoms with Gasteiger partial charge in [0.05, 0.1) is 0 Å². The summed E-state index contributed by atoms with van der Waals surface area (Å²) in [5.74, 6) is 0. The highest BCUT2D eigenvalue weighted by Crippen LogP contribution is 2.31. The van der Waals surface area contributed by atoms with E-state index in [0.29, 0.717) is 5.41 Å². The molecule has 0 saturated carbocycles. The highest BCUT2D eigenvalue weighted by molar-refractivity contribution is 5.68. The van der Waals surface area contributed by atoms with E-state index in [1.54, 1.807) is 0 Å². The van der Waals surface area contributed by atoms with Crippen LogP contribution in [0, 0.1) is 5.41 Å². The largest absolute Gasteiger partial charge is 0.0952 e. The first-order chi connectivity index (χ1) is 7.46. The molecule has 1 aliphatic carbocycles. The van der Waals surface area contributed by atoms with Gasteiger partial charge in [0.2, 0.25) is 0 Å². The first kappa shape index (κ1) is 11.4. The van der Waals surface area contributed by atoms with E-state index >= 15 is 0 Å². The molecule has 1 aromatic carbocycles. The molecule has 0 spiro atoms. The predicted molar refractivity (Wildman–Crippen MR) is 71.6 cm³/mol. The monoisotopic (exact) mass is 214 g/mol. The molecule has 0 saturated heterocycles. The first-order valence-corrected chi connectivity index (χ1v) is 6.26. The third kappa shape index (κ3) is 2.55. The molecule has 16 heavy (non-hydrogen) atoms. The van der Waals surface area contributed by atoms with E-state index in [0.717, 1.165) is 6.42 Å². The number of hydrogen-bond donors (Lipinski definition) is 0. The highest BCUT2D eigenvalue weighted by atomic mass is 14.2. The summed E-state index contributed by atoms with van der Waals surface area (Å²) in [5, 5.41) is 0. The number of rotatable bonds is 1. The summed E-state index contributed by atoms with van der Waals surface area (Å²) >= 11 is 0. The van der Waals surface area contributed by atoms with Gasteiger partial charge in [-0.05, 0) is 53.4 Å². The molecule has 0 fully saturated rings. The minimum atomic E-state index is 0.365. The Bertz CT molecular complexity index is 405. The number of hydrogen-bond acceptors (Lipinski definition) is 0. The van der Waals surface area contributed by atoms with Crippen LogP contribution in [0.25, 0.3) is 5.57 Å². The van der Waals surface area contributed by atoms with Crippen LogP contribution in [-0.4, -0.2) is 0 Å². The van der Waals surface area contributed by atoms with Crippen molar-refractivity contribution in [2.75, 3.05) is 0 Å². The summed E-state index contributed by atoms with van der Waals surface area (Å²) in [6.07, 6.45) is 4.81. The molecule has 0 nitrogen and oxygen atoms in total. The van der Waals surface area contributed by atoms with E-state index in [2.05, 4.69) is 45.5 Å². The summed E-state index contributed by atoms with van der Waals surface area (Å²) in [4.78, 5) is 0. The highest BCUT2D eigenvalue weighted by Gasteiger charge is 2.15. The van der Waals surface area contributed by atoms with Gasteiger partial charge in [-0.25, -0.2) is 0 Å². The summed E-state index contributed by atoms with van der Waals surface area (Å²) < 4.78 is 0. The molecule has 0 atom stereocenters. The maximum Gasteiger partial charge on any atom is -0.0196 e. The van der Waals surface area contributed by atoms with Gasteiger partial charge in [-0.15, -0.1) is 0 Å². The zero-order chi connectivity index (χ0) is 11.8. The third-order valence-corrected chi connectivity index (χ3v) is 3.21. The van der Waals surface area contributed by atoms with Crippen LogP contribution in [0.15, 0.2) is 24.8 Å². The van der Waals surface area contributed by atoms with Crippen LogP contribution in [0.5, 0.6) is 0 Å². The van der Waals surface area contributed by atoms with E-state index in [9.17, 15) is 0 Å². The van der Waals surface area contributed by atoms with Crippen molar-refractivity contribution in [3.05, 3.63) is 41.5 Å². The SMILES string of the molecule is C=C1CCCc2ccc(CC(C)(C)C)cc21. The molecule has 0 radical (unpaired) electrons. The zero-order valence-electron chi connectivity index (χ0n) is 10.8. The molecule has 0 aliphatic heterocycles. The van der Waals surface area contributed by atoms with Crippen molar-refractivity contribution in [3.8, 4) is 0 Å². The molecule has 0 bridgehead atoms. The number of fused-ring (bicyclic) bond motifs is 1. The first-order valence-electron chi connectivity index (χ1n) is 6.26. The van der Waals surface area contributed by atoms with Crippen LogP contribution in [0.2, 0.25) is 0 Å². The summed E-state index contributed by atoms with van der Waals surface area (Å²) in [6.45, 7) is 11.1. The van der Waals surface area contributed by atoms with Gasteiger partial charge in [-0.2, -0.15) is 0 Å². The van der Waals surface area contributed by atoms with Crippen LogP contribution in [-0.2, 0) is 12.8 Å². The second-order valence-corrected chi connectivity index (χ2v) is 6.19. The summed E-state index contributed by atoms with van der Waals surface area (Å²) in [6, 6.07) is 6.96. The van der Waals surface area contributed by atoms with Crippen molar-refractivity contribution in [2.45, 2.75) is 46.5 Å². The van der Waals surface area contributed by atoms with Crippen LogP contribution in [0.3, 0.4) is 0 Å². The Morgan fingerprint density at radius 1 is 1.19 bits per heavy atom. The Labute approximate surface area is 99.4 Å². The molecule has 0 heterocycles. The smallest absolute Gasteiger partial charge is 0.0196 e. The molecule has 0 amide bonds. The van der Waals surface area contributed by atoms with Crippen LogP contribution < -0.4 is 0 Å². The lowest BCUT2D eigenvalue weighted by molar-refractivity contribution is 0.411. The van der Waals surface area contributed by atoms with Gasteiger partial charge in [0.1, 0.15) is 0 Å². The molecule has 1 aliphatic rings. The fourth-order valence-electron chi connectivity index (χ4n) is 2.52. The van der Waals surface area contributed by atoms with Gasteiger partial charge >= 0.3 is 0 Å². The fraction of sp³-hybridized carbons (Fsp3) is 0.500.